The number of benzene rings is 4. The van der Waals surface area contributed by atoms with Gasteiger partial charge in [-0.05, 0) is 42.3 Å². The predicted molar refractivity (Wildman–Crippen MR) is 190 cm³/mol. The van der Waals surface area contributed by atoms with Crippen molar-refractivity contribution in [3.63, 3.8) is 0 Å². The first-order valence-corrected chi connectivity index (χ1v) is 18.1. The lowest BCUT2D eigenvalue weighted by Crippen LogP contribution is -2.50. The van der Waals surface area contributed by atoms with Crippen molar-refractivity contribution in [2.24, 2.45) is 0 Å². The molecule has 4 N–H and O–H groups in total. The first kappa shape index (κ1) is 40.1. The maximum absolute atomic E-state index is 13.9. The summed E-state index contributed by atoms with van der Waals surface area (Å²) in [5.74, 6) is -3.63. The minimum atomic E-state index is -4.56. The molecule has 3 atom stereocenters. The Hall–Kier alpha value is -5.10. The second kappa shape index (κ2) is 16.9. The van der Waals surface area contributed by atoms with Gasteiger partial charge in [0.2, 0.25) is 0 Å². The van der Waals surface area contributed by atoms with E-state index in [1.165, 1.54) is 37.4 Å². The second-order valence-corrected chi connectivity index (χ2v) is 14.6. The Morgan fingerprint density at radius 1 is 0.870 bits per heavy atom. The minimum Gasteiger partial charge on any atom is -0.491 e. The van der Waals surface area contributed by atoms with E-state index in [4.69, 9.17) is 4.74 Å². The highest BCUT2D eigenvalue weighted by molar-refractivity contribution is 7.90. The topological polar surface area (TPSA) is 140 Å². The summed E-state index contributed by atoms with van der Waals surface area (Å²) in [6.07, 6.45) is -6.05. The predicted octanol–water partition coefficient (Wildman–Crippen LogP) is 4.80. The molecule has 1 aliphatic rings. The van der Waals surface area contributed by atoms with Crippen molar-refractivity contribution in [1.82, 2.24) is 20.3 Å². The largest absolute Gasteiger partial charge is 0.491 e. The Labute approximate surface area is 308 Å². The number of likely N-dealkylation sites (N-methyl/N-ethyl adjacent to an activating group) is 1. The molecule has 4 aromatic carbocycles. The number of halogens is 5. The minimum absolute atomic E-state index is 0.0239. The zero-order valence-corrected chi connectivity index (χ0v) is 29.9. The van der Waals surface area contributed by atoms with Crippen LogP contribution in [0.3, 0.4) is 0 Å². The van der Waals surface area contributed by atoms with Crippen LogP contribution in [0.15, 0.2) is 91.0 Å². The first-order chi connectivity index (χ1) is 25.5. The van der Waals surface area contributed by atoms with Crippen molar-refractivity contribution in [2.75, 3.05) is 37.6 Å². The van der Waals surface area contributed by atoms with Crippen molar-refractivity contribution in [3.05, 3.63) is 130 Å². The maximum atomic E-state index is 13.9. The van der Waals surface area contributed by atoms with Gasteiger partial charge in [-0.2, -0.15) is 25.9 Å². The van der Waals surface area contributed by atoms with Crippen molar-refractivity contribution < 1.29 is 49.8 Å². The van der Waals surface area contributed by atoms with E-state index in [0.29, 0.717) is 6.07 Å². The summed E-state index contributed by atoms with van der Waals surface area (Å²) in [5.41, 5.74) is 0.00524. The summed E-state index contributed by atoms with van der Waals surface area (Å²) in [6, 6.07) is 18.1. The number of aliphatic hydroxyl groups excluding tert-OH is 1. The normalized spacial score (nSPS) is 16.0. The summed E-state index contributed by atoms with van der Waals surface area (Å²) in [5, 5.41) is 19.4. The third kappa shape index (κ3) is 10.1. The van der Waals surface area contributed by atoms with E-state index in [1.807, 2.05) is 18.2 Å². The van der Waals surface area contributed by atoms with Crippen LogP contribution >= 0.6 is 0 Å². The molecule has 1 aliphatic heterocycles. The van der Waals surface area contributed by atoms with Gasteiger partial charge in [0.1, 0.15) is 24.0 Å². The van der Waals surface area contributed by atoms with Crippen molar-refractivity contribution in [1.29, 1.82) is 0 Å². The SMILES string of the molecule is C[C@@H](NC(=O)c1cc(C(=O)N[C@@H](COc2cc(F)cc(F)c2)[C@H](O)CNCc2cccc(C(F)(F)F)c2)cc(N2CCN(C)S2(=O)=O)c1)c1ccccc1. The molecule has 4 aromatic rings. The fraction of sp³-hybridized carbons (Fsp3) is 0.297. The molecule has 288 valence electrons. The third-order valence-corrected chi connectivity index (χ3v) is 10.6. The van der Waals surface area contributed by atoms with E-state index in [9.17, 15) is 45.1 Å². The molecule has 0 aromatic heterocycles. The number of hydrogen-bond acceptors (Lipinski definition) is 7. The number of alkyl halides is 3. The zero-order chi connectivity index (χ0) is 39.2. The number of amides is 2. The number of nitrogens with one attached hydrogen (secondary N) is 3. The Morgan fingerprint density at radius 2 is 1.52 bits per heavy atom. The summed E-state index contributed by atoms with van der Waals surface area (Å²) in [7, 11) is -2.60. The van der Waals surface area contributed by atoms with E-state index >= 15 is 0 Å². The quantitative estimate of drug-likeness (QED) is 0.135. The number of nitrogens with zero attached hydrogens (tertiary/aromatic N) is 2. The number of hydrogen-bond donors (Lipinski definition) is 4. The van der Waals surface area contributed by atoms with Crippen LogP contribution in [-0.4, -0.2) is 75.1 Å². The van der Waals surface area contributed by atoms with Crippen molar-refractivity contribution >= 4 is 27.7 Å². The van der Waals surface area contributed by atoms with Crippen LogP contribution in [0, 0.1) is 11.6 Å². The fourth-order valence-corrected chi connectivity index (χ4v) is 7.01. The number of rotatable bonds is 14. The lowest BCUT2D eigenvalue weighted by atomic mass is 10.0. The van der Waals surface area contributed by atoms with E-state index in [2.05, 4.69) is 16.0 Å². The molecule has 0 spiro atoms. The molecule has 0 bridgehead atoms. The van der Waals surface area contributed by atoms with Crippen molar-refractivity contribution in [3.8, 4) is 5.75 Å². The van der Waals surface area contributed by atoms with Crippen LogP contribution < -0.4 is 25.0 Å². The summed E-state index contributed by atoms with van der Waals surface area (Å²) in [6.45, 7) is 1.01. The van der Waals surface area contributed by atoms with Gasteiger partial charge in [-0.25, -0.2) is 8.78 Å². The highest BCUT2D eigenvalue weighted by atomic mass is 32.2. The average Bonchev–Trinajstić information content (AvgIpc) is 3.40. The van der Waals surface area contributed by atoms with E-state index in [0.717, 1.165) is 38.4 Å². The number of aliphatic hydroxyl groups is 1. The van der Waals surface area contributed by atoms with Gasteiger partial charge in [-0.1, -0.05) is 48.5 Å². The number of carbonyl (C=O) groups is 2. The molecular formula is C37H38F5N5O6S. The fourth-order valence-electron chi connectivity index (χ4n) is 5.68. The molecule has 5 rings (SSSR count). The number of anilines is 1. The van der Waals surface area contributed by atoms with Crippen LogP contribution in [0.5, 0.6) is 5.75 Å². The smallest absolute Gasteiger partial charge is 0.416 e. The highest BCUT2D eigenvalue weighted by Gasteiger charge is 2.35. The number of carbonyl (C=O) groups excluding carboxylic acids is 2. The van der Waals surface area contributed by atoms with Crippen LogP contribution in [0.25, 0.3) is 0 Å². The Morgan fingerprint density at radius 3 is 2.13 bits per heavy atom. The van der Waals surface area contributed by atoms with Gasteiger partial charge >= 0.3 is 16.4 Å². The van der Waals surface area contributed by atoms with Crippen LogP contribution in [0.2, 0.25) is 0 Å². The zero-order valence-electron chi connectivity index (χ0n) is 29.1. The molecule has 0 radical (unpaired) electrons. The molecule has 54 heavy (non-hydrogen) atoms. The van der Waals surface area contributed by atoms with Gasteiger partial charge in [0, 0.05) is 62.6 Å². The Balaban J connectivity index is 1.40. The molecule has 0 aliphatic carbocycles. The van der Waals surface area contributed by atoms with Gasteiger partial charge < -0.3 is 25.8 Å². The average molecular weight is 776 g/mol. The summed E-state index contributed by atoms with van der Waals surface area (Å²) in [4.78, 5) is 27.4. The van der Waals surface area contributed by atoms with Gasteiger partial charge in [0.15, 0.2) is 0 Å². The van der Waals surface area contributed by atoms with Crippen LogP contribution in [0.4, 0.5) is 27.6 Å². The molecule has 0 saturated carbocycles. The van der Waals surface area contributed by atoms with Gasteiger partial charge in [0.25, 0.3) is 11.8 Å². The lowest BCUT2D eigenvalue weighted by molar-refractivity contribution is -0.137. The van der Waals surface area contributed by atoms with Crippen LogP contribution in [-0.2, 0) is 22.9 Å². The van der Waals surface area contributed by atoms with E-state index < -0.39 is 70.2 Å². The number of ether oxygens (including phenoxy) is 1. The monoisotopic (exact) mass is 775 g/mol. The Bertz CT molecular complexity index is 2050. The second-order valence-electron chi connectivity index (χ2n) is 12.7. The van der Waals surface area contributed by atoms with E-state index in [-0.39, 0.29) is 54.3 Å². The molecule has 2 amide bonds. The molecule has 17 heteroatoms. The van der Waals surface area contributed by atoms with Gasteiger partial charge in [-0.3, -0.25) is 13.9 Å². The molecule has 1 heterocycles. The molecule has 11 nitrogen and oxygen atoms in total. The molecule has 1 fully saturated rings. The Kier molecular flexibility index (Phi) is 12.6. The third-order valence-electron chi connectivity index (χ3n) is 8.65. The highest BCUT2D eigenvalue weighted by Crippen LogP contribution is 2.30. The first-order valence-electron chi connectivity index (χ1n) is 16.7. The summed E-state index contributed by atoms with van der Waals surface area (Å²) >= 11 is 0. The van der Waals surface area contributed by atoms with Crippen molar-refractivity contribution in [2.45, 2.75) is 37.8 Å². The maximum Gasteiger partial charge on any atom is 0.416 e. The van der Waals surface area contributed by atoms with Gasteiger partial charge in [-0.15, -0.1) is 0 Å². The molecule has 1 saturated heterocycles. The molecule has 0 unspecified atom stereocenters. The van der Waals surface area contributed by atoms with Gasteiger partial charge in [0.05, 0.1) is 29.4 Å². The van der Waals surface area contributed by atoms with E-state index in [1.54, 1.807) is 19.1 Å². The lowest BCUT2D eigenvalue weighted by Gasteiger charge is -2.25. The molecular weight excluding hydrogens is 737 g/mol. The standard InChI is InChI=1S/C37H38F5N5O6S/c1-23(25-8-4-3-5-9-25)44-35(49)26-14-27(16-31(15-26)47-12-11-46(2)54(47,51)52)36(50)45-33(22-53-32-18-29(38)17-30(39)19-32)34(48)21-43-20-24-7-6-10-28(13-24)37(40,41)42/h3-10,13-19,23,33-34,43,48H,11-12,20-22H2,1-2H3,(H,44,49)(H,45,50)/t23-,33+,34-/m1/s1. The summed E-state index contributed by atoms with van der Waals surface area (Å²) < 4.78 is 101. The van der Waals surface area contributed by atoms with Crippen LogP contribution in [0.1, 0.15) is 50.4 Å².